The molecule has 0 aliphatic carbocycles. The molecule has 2 fully saturated rings. The maximum Gasteiger partial charge on any atom is 0.189 e. The van der Waals surface area contributed by atoms with E-state index in [-0.39, 0.29) is 6.29 Å². The summed E-state index contributed by atoms with van der Waals surface area (Å²) in [5.74, 6) is 0.929. The Hall–Kier alpha value is -0.850. The second-order valence-electron chi connectivity index (χ2n) is 6.31. The minimum Gasteiger partial charge on any atom is -0.467 e. The number of nitrogens with zero attached hydrogens (tertiary/aromatic N) is 1. The number of hydrogen-bond acceptors (Lipinski definition) is 5. The maximum absolute atomic E-state index is 6.28. The number of rotatable bonds is 3. The average Bonchev–Trinajstić information content (AvgIpc) is 3.09. The van der Waals surface area contributed by atoms with Gasteiger partial charge in [0, 0.05) is 22.7 Å². The molecule has 5 nitrogen and oxygen atoms in total. The Bertz CT molecular complexity index is 562. The van der Waals surface area contributed by atoms with Crippen molar-refractivity contribution in [3.8, 4) is 5.75 Å². The first kappa shape index (κ1) is 15.7. The van der Waals surface area contributed by atoms with Gasteiger partial charge in [-0.3, -0.25) is 4.90 Å². The molecular formula is C17H22ClNO4. The second kappa shape index (κ2) is 6.95. The molecule has 126 valence electrons. The van der Waals surface area contributed by atoms with Crippen LogP contribution in [-0.4, -0.2) is 43.8 Å². The van der Waals surface area contributed by atoms with Crippen LogP contribution in [0.1, 0.15) is 30.4 Å². The fourth-order valence-corrected chi connectivity index (χ4v) is 3.98. The molecule has 3 aliphatic rings. The van der Waals surface area contributed by atoms with Crippen molar-refractivity contribution in [2.45, 2.75) is 44.7 Å². The van der Waals surface area contributed by atoms with Gasteiger partial charge in [-0.15, -0.1) is 0 Å². The molecule has 23 heavy (non-hydrogen) atoms. The van der Waals surface area contributed by atoms with Crippen LogP contribution in [0, 0.1) is 0 Å². The van der Waals surface area contributed by atoms with Gasteiger partial charge < -0.3 is 18.9 Å². The van der Waals surface area contributed by atoms with Gasteiger partial charge in [-0.25, -0.2) is 0 Å². The third-order valence-corrected chi connectivity index (χ3v) is 4.97. The van der Waals surface area contributed by atoms with Gasteiger partial charge in [0.15, 0.2) is 13.1 Å². The van der Waals surface area contributed by atoms with E-state index in [4.69, 9.17) is 30.5 Å². The predicted octanol–water partition coefficient (Wildman–Crippen LogP) is 2.93. The summed E-state index contributed by atoms with van der Waals surface area (Å²) in [7, 11) is 0. The standard InChI is InChI=1S/C17H22ClNO4/c18-14-7-12(16-13(8-14)10-20-11-23-16)9-19-4-2-1-3-15(19)17-21-5-6-22-17/h7-8,15,17H,1-6,9-11H2. The molecule has 1 unspecified atom stereocenters. The fraction of sp³-hybridized carbons (Fsp3) is 0.647. The third-order valence-electron chi connectivity index (χ3n) is 4.75. The monoisotopic (exact) mass is 339 g/mol. The van der Waals surface area contributed by atoms with E-state index in [2.05, 4.69) is 4.90 Å². The first-order valence-corrected chi connectivity index (χ1v) is 8.68. The number of likely N-dealkylation sites (tertiary alicyclic amines) is 1. The van der Waals surface area contributed by atoms with E-state index in [1.165, 1.54) is 12.8 Å². The smallest absolute Gasteiger partial charge is 0.189 e. The van der Waals surface area contributed by atoms with Crippen molar-refractivity contribution in [2.75, 3.05) is 26.6 Å². The lowest BCUT2D eigenvalue weighted by molar-refractivity contribution is -0.111. The normalized spacial score (nSPS) is 26.0. The van der Waals surface area contributed by atoms with E-state index >= 15 is 0 Å². The first-order valence-electron chi connectivity index (χ1n) is 8.30. The molecule has 6 heteroatoms. The van der Waals surface area contributed by atoms with Crippen LogP contribution in [-0.2, 0) is 27.4 Å². The van der Waals surface area contributed by atoms with Crippen LogP contribution in [0.3, 0.4) is 0 Å². The second-order valence-corrected chi connectivity index (χ2v) is 6.74. The molecule has 0 radical (unpaired) electrons. The molecule has 0 aromatic heterocycles. The van der Waals surface area contributed by atoms with E-state index in [9.17, 15) is 0 Å². The lowest BCUT2D eigenvalue weighted by Crippen LogP contribution is -2.46. The van der Waals surface area contributed by atoms with Gasteiger partial charge in [-0.1, -0.05) is 18.0 Å². The molecule has 1 atom stereocenters. The molecule has 2 saturated heterocycles. The zero-order valence-corrected chi connectivity index (χ0v) is 13.9. The van der Waals surface area contributed by atoms with E-state index in [1.807, 2.05) is 12.1 Å². The van der Waals surface area contributed by atoms with E-state index < -0.39 is 0 Å². The number of piperidine rings is 1. The number of fused-ring (bicyclic) bond motifs is 1. The number of hydrogen-bond donors (Lipinski definition) is 0. The largest absolute Gasteiger partial charge is 0.467 e. The van der Waals surface area contributed by atoms with Crippen molar-refractivity contribution >= 4 is 11.6 Å². The van der Waals surface area contributed by atoms with Crippen LogP contribution < -0.4 is 4.74 Å². The van der Waals surface area contributed by atoms with Crippen LogP contribution in [0.5, 0.6) is 5.75 Å². The Morgan fingerprint density at radius 2 is 2.04 bits per heavy atom. The van der Waals surface area contributed by atoms with Gasteiger partial charge in [0.05, 0.1) is 25.9 Å². The molecule has 3 heterocycles. The molecule has 4 rings (SSSR count). The van der Waals surface area contributed by atoms with E-state index in [0.29, 0.717) is 32.7 Å². The summed E-state index contributed by atoms with van der Waals surface area (Å²) in [4.78, 5) is 2.45. The van der Waals surface area contributed by atoms with E-state index in [1.54, 1.807) is 0 Å². The van der Waals surface area contributed by atoms with Crippen molar-refractivity contribution in [2.24, 2.45) is 0 Å². The molecule has 0 bridgehead atoms. The Labute approximate surface area is 141 Å². The Kier molecular flexibility index (Phi) is 4.73. The summed E-state index contributed by atoms with van der Waals surface area (Å²) >= 11 is 6.28. The molecule has 0 spiro atoms. The maximum atomic E-state index is 6.28. The highest BCUT2D eigenvalue weighted by Crippen LogP contribution is 2.34. The highest BCUT2D eigenvalue weighted by atomic mass is 35.5. The molecule has 1 aromatic rings. The minimum absolute atomic E-state index is 0.102. The van der Waals surface area contributed by atoms with Crippen molar-refractivity contribution in [1.29, 1.82) is 0 Å². The van der Waals surface area contributed by atoms with E-state index in [0.717, 1.165) is 41.4 Å². The lowest BCUT2D eigenvalue weighted by atomic mass is 9.99. The summed E-state index contributed by atoms with van der Waals surface area (Å²) in [6, 6.07) is 4.24. The molecule has 0 saturated carbocycles. The Morgan fingerprint density at radius 3 is 2.91 bits per heavy atom. The number of benzene rings is 1. The van der Waals surface area contributed by atoms with Crippen LogP contribution in [0.2, 0.25) is 5.02 Å². The summed E-state index contributed by atoms with van der Waals surface area (Å²) in [6.45, 7) is 4.10. The SMILES string of the molecule is Clc1cc2c(c(CN3CCCCC3C3OCCO3)c1)OCOC2. The fourth-order valence-electron chi connectivity index (χ4n) is 3.71. The van der Waals surface area contributed by atoms with Crippen LogP contribution in [0.25, 0.3) is 0 Å². The average molecular weight is 340 g/mol. The predicted molar refractivity (Wildman–Crippen MR) is 85.5 cm³/mol. The van der Waals surface area contributed by atoms with Crippen molar-refractivity contribution in [3.63, 3.8) is 0 Å². The zero-order valence-electron chi connectivity index (χ0n) is 13.1. The Balaban J connectivity index is 1.57. The topological polar surface area (TPSA) is 40.2 Å². The lowest BCUT2D eigenvalue weighted by Gasteiger charge is -2.38. The van der Waals surface area contributed by atoms with Gasteiger partial charge in [0.1, 0.15) is 5.75 Å². The van der Waals surface area contributed by atoms with Gasteiger partial charge in [-0.05, 0) is 31.5 Å². The third kappa shape index (κ3) is 3.35. The van der Waals surface area contributed by atoms with Crippen LogP contribution >= 0.6 is 11.6 Å². The van der Waals surface area contributed by atoms with Crippen molar-refractivity contribution in [3.05, 3.63) is 28.3 Å². The van der Waals surface area contributed by atoms with Gasteiger partial charge in [-0.2, -0.15) is 0 Å². The van der Waals surface area contributed by atoms with Crippen molar-refractivity contribution < 1.29 is 18.9 Å². The summed E-state index contributed by atoms with van der Waals surface area (Å²) in [5.41, 5.74) is 2.15. The van der Waals surface area contributed by atoms with Crippen LogP contribution in [0.15, 0.2) is 12.1 Å². The summed E-state index contributed by atoms with van der Waals surface area (Å²) in [5, 5.41) is 0.731. The molecule has 0 N–H and O–H groups in total. The quantitative estimate of drug-likeness (QED) is 0.846. The first-order chi connectivity index (χ1) is 11.3. The van der Waals surface area contributed by atoms with Gasteiger partial charge in [0.25, 0.3) is 0 Å². The zero-order chi connectivity index (χ0) is 15.6. The highest BCUT2D eigenvalue weighted by molar-refractivity contribution is 6.30. The number of halogens is 1. The summed E-state index contributed by atoms with van der Waals surface area (Å²) < 4.78 is 22.6. The molecule has 0 amide bonds. The van der Waals surface area contributed by atoms with Gasteiger partial charge in [0.2, 0.25) is 0 Å². The van der Waals surface area contributed by atoms with Crippen molar-refractivity contribution in [1.82, 2.24) is 4.90 Å². The van der Waals surface area contributed by atoms with Gasteiger partial charge >= 0.3 is 0 Å². The Morgan fingerprint density at radius 1 is 1.17 bits per heavy atom. The highest BCUT2D eigenvalue weighted by Gasteiger charge is 2.34. The minimum atomic E-state index is -0.102. The number of ether oxygens (including phenoxy) is 4. The molecule has 1 aromatic carbocycles. The molecular weight excluding hydrogens is 318 g/mol. The molecule has 3 aliphatic heterocycles. The summed E-state index contributed by atoms with van der Waals surface area (Å²) in [6.07, 6.45) is 3.44. The van der Waals surface area contributed by atoms with Crippen LogP contribution in [0.4, 0.5) is 0 Å².